The summed E-state index contributed by atoms with van der Waals surface area (Å²) in [6.45, 7) is 8.06. The number of aromatic nitrogens is 3. The van der Waals surface area contributed by atoms with Gasteiger partial charge in [0.15, 0.2) is 0 Å². The van der Waals surface area contributed by atoms with E-state index in [4.69, 9.17) is 0 Å². The lowest BCUT2D eigenvalue weighted by Crippen LogP contribution is -2.67. The van der Waals surface area contributed by atoms with Crippen LogP contribution < -0.4 is 5.32 Å². The molecule has 1 aromatic rings. The molecule has 1 fully saturated rings. The average Bonchev–Trinajstić information content (AvgIpc) is 2.79. The van der Waals surface area contributed by atoms with E-state index in [9.17, 15) is 9.59 Å². The number of nitrogens with zero attached hydrogens (tertiary/aromatic N) is 4. The molecule has 0 aromatic carbocycles. The van der Waals surface area contributed by atoms with E-state index >= 15 is 0 Å². The molecule has 2 heterocycles. The third-order valence-corrected chi connectivity index (χ3v) is 3.39. The number of carbonyl (C=O) groups is 2. The molecule has 1 atom stereocenters. The van der Waals surface area contributed by atoms with E-state index in [0.29, 0.717) is 18.9 Å². The van der Waals surface area contributed by atoms with Crippen LogP contribution in [0.15, 0.2) is 6.33 Å². The lowest BCUT2D eigenvalue weighted by molar-refractivity contribution is -0.153. The SMILES string of the molecule is CCn1ncnc1CN1C(=O)C(C)(C)NC(=O)C1C. The number of hydrogen-bond donors (Lipinski definition) is 1. The van der Waals surface area contributed by atoms with Gasteiger partial charge >= 0.3 is 0 Å². The first-order valence-corrected chi connectivity index (χ1v) is 6.36. The Morgan fingerprint density at radius 3 is 2.74 bits per heavy atom. The molecule has 7 heteroatoms. The molecule has 19 heavy (non-hydrogen) atoms. The quantitative estimate of drug-likeness (QED) is 0.829. The van der Waals surface area contributed by atoms with E-state index < -0.39 is 11.6 Å². The largest absolute Gasteiger partial charge is 0.340 e. The van der Waals surface area contributed by atoms with Gasteiger partial charge in [-0.15, -0.1) is 0 Å². The van der Waals surface area contributed by atoms with Crippen LogP contribution in [0, 0.1) is 0 Å². The summed E-state index contributed by atoms with van der Waals surface area (Å²) in [4.78, 5) is 30.0. The van der Waals surface area contributed by atoms with Crippen LogP contribution >= 0.6 is 0 Å². The summed E-state index contributed by atoms with van der Waals surface area (Å²) in [5.74, 6) is 0.436. The van der Waals surface area contributed by atoms with Crippen LogP contribution in [0.2, 0.25) is 0 Å². The van der Waals surface area contributed by atoms with Crippen molar-refractivity contribution in [3.05, 3.63) is 12.2 Å². The summed E-state index contributed by atoms with van der Waals surface area (Å²) < 4.78 is 1.72. The Labute approximate surface area is 112 Å². The Morgan fingerprint density at radius 1 is 1.42 bits per heavy atom. The standard InChI is InChI=1S/C12H19N5O2/c1-5-17-9(13-7-14-17)6-16-8(2)10(18)15-12(3,4)11(16)19/h7-8H,5-6H2,1-4H3,(H,15,18). The molecule has 1 aromatic heterocycles. The molecule has 0 aliphatic carbocycles. The molecule has 1 aliphatic heterocycles. The fourth-order valence-electron chi connectivity index (χ4n) is 2.18. The van der Waals surface area contributed by atoms with Gasteiger partial charge in [0, 0.05) is 6.54 Å². The number of rotatable bonds is 3. The lowest BCUT2D eigenvalue weighted by atomic mass is 9.97. The molecule has 1 aliphatic rings. The van der Waals surface area contributed by atoms with Crippen molar-refractivity contribution >= 4 is 11.8 Å². The summed E-state index contributed by atoms with van der Waals surface area (Å²) in [7, 11) is 0. The highest BCUT2D eigenvalue weighted by Crippen LogP contribution is 2.19. The highest BCUT2D eigenvalue weighted by Gasteiger charge is 2.43. The van der Waals surface area contributed by atoms with Gasteiger partial charge in [0.25, 0.3) is 0 Å². The fourth-order valence-corrected chi connectivity index (χ4v) is 2.18. The van der Waals surface area contributed by atoms with E-state index in [1.165, 1.54) is 6.33 Å². The van der Waals surface area contributed by atoms with E-state index in [1.54, 1.807) is 30.4 Å². The van der Waals surface area contributed by atoms with E-state index in [2.05, 4.69) is 15.4 Å². The molecule has 1 N–H and O–H groups in total. The van der Waals surface area contributed by atoms with E-state index in [0.717, 1.165) is 0 Å². The molecule has 104 valence electrons. The molecule has 1 saturated heterocycles. The van der Waals surface area contributed by atoms with E-state index in [1.807, 2.05) is 6.92 Å². The van der Waals surface area contributed by atoms with Gasteiger partial charge in [-0.1, -0.05) is 0 Å². The minimum absolute atomic E-state index is 0.106. The van der Waals surface area contributed by atoms with Gasteiger partial charge in [0.1, 0.15) is 23.7 Å². The normalized spacial score (nSPS) is 22.5. The highest BCUT2D eigenvalue weighted by molar-refractivity contribution is 5.98. The zero-order valence-electron chi connectivity index (χ0n) is 11.7. The second-order valence-corrected chi connectivity index (χ2v) is 5.22. The Hall–Kier alpha value is -1.92. The monoisotopic (exact) mass is 265 g/mol. The molecule has 1 unspecified atom stereocenters. The first-order valence-electron chi connectivity index (χ1n) is 6.36. The summed E-state index contributed by atoms with van der Waals surface area (Å²) in [6, 6.07) is -0.498. The predicted octanol–water partition coefficient (Wildman–Crippen LogP) is -0.0765. The summed E-state index contributed by atoms with van der Waals surface area (Å²) in [5, 5.41) is 6.79. The first-order chi connectivity index (χ1) is 8.86. The minimum Gasteiger partial charge on any atom is -0.340 e. The number of aryl methyl sites for hydroxylation is 1. The number of carbonyl (C=O) groups excluding carboxylic acids is 2. The Kier molecular flexibility index (Phi) is 3.30. The molecule has 0 spiro atoms. The molecule has 0 saturated carbocycles. The summed E-state index contributed by atoms with van der Waals surface area (Å²) in [6.07, 6.45) is 1.46. The average molecular weight is 265 g/mol. The lowest BCUT2D eigenvalue weighted by Gasteiger charge is -2.41. The topological polar surface area (TPSA) is 80.1 Å². The number of piperazine rings is 1. The number of amides is 2. The second-order valence-electron chi connectivity index (χ2n) is 5.22. The third kappa shape index (κ3) is 2.32. The van der Waals surface area contributed by atoms with Crippen molar-refractivity contribution in [1.29, 1.82) is 0 Å². The van der Waals surface area contributed by atoms with Crippen LogP contribution in [0.4, 0.5) is 0 Å². The molecular formula is C12H19N5O2. The van der Waals surface area contributed by atoms with Gasteiger partial charge < -0.3 is 10.2 Å². The smallest absolute Gasteiger partial charge is 0.248 e. The van der Waals surface area contributed by atoms with Crippen molar-refractivity contribution in [2.24, 2.45) is 0 Å². The van der Waals surface area contributed by atoms with Crippen LogP contribution in [0.3, 0.4) is 0 Å². The van der Waals surface area contributed by atoms with Crippen LogP contribution in [-0.2, 0) is 22.7 Å². The van der Waals surface area contributed by atoms with Crippen molar-refractivity contribution in [1.82, 2.24) is 25.0 Å². The number of hydrogen-bond acceptors (Lipinski definition) is 4. The minimum atomic E-state index is -0.874. The fraction of sp³-hybridized carbons (Fsp3) is 0.667. The molecule has 0 bridgehead atoms. The van der Waals surface area contributed by atoms with Crippen molar-refractivity contribution in [3.63, 3.8) is 0 Å². The van der Waals surface area contributed by atoms with Crippen LogP contribution in [0.5, 0.6) is 0 Å². The summed E-state index contributed by atoms with van der Waals surface area (Å²) >= 11 is 0. The Balaban J connectivity index is 2.26. The zero-order valence-corrected chi connectivity index (χ0v) is 11.7. The molecule has 0 radical (unpaired) electrons. The second kappa shape index (κ2) is 4.64. The molecule has 2 amide bonds. The van der Waals surface area contributed by atoms with Crippen molar-refractivity contribution in [2.45, 2.75) is 52.4 Å². The molecule has 7 nitrogen and oxygen atoms in total. The third-order valence-electron chi connectivity index (χ3n) is 3.39. The first kappa shape index (κ1) is 13.5. The van der Waals surface area contributed by atoms with Gasteiger partial charge in [0.05, 0.1) is 6.54 Å². The van der Waals surface area contributed by atoms with Crippen LogP contribution in [-0.4, -0.2) is 43.1 Å². The Morgan fingerprint density at radius 2 is 2.11 bits per heavy atom. The van der Waals surface area contributed by atoms with Crippen LogP contribution in [0.25, 0.3) is 0 Å². The van der Waals surface area contributed by atoms with E-state index in [-0.39, 0.29) is 11.8 Å². The van der Waals surface area contributed by atoms with Crippen LogP contribution in [0.1, 0.15) is 33.5 Å². The van der Waals surface area contributed by atoms with Gasteiger partial charge in [0.2, 0.25) is 11.8 Å². The maximum Gasteiger partial charge on any atom is 0.248 e. The maximum atomic E-state index is 12.4. The predicted molar refractivity (Wildman–Crippen MR) is 67.9 cm³/mol. The van der Waals surface area contributed by atoms with Gasteiger partial charge in [-0.05, 0) is 27.7 Å². The number of nitrogens with one attached hydrogen (secondary N) is 1. The highest BCUT2D eigenvalue weighted by atomic mass is 16.2. The maximum absolute atomic E-state index is 12.4. The van der Waals surface area contributed by atoms with Crippen molar-refractivity contribution in [2.75, 3.05) is 0 Å². The molecular weight excluding hydrogens is 246 g/mol. The molecule has 2 rings (SSSR count). The van der Waals surface area contributed by atoms with Gasteiger partial charge in [-0.25, -0.2) is 9.67 Å². The van der Waals surface area contributed by atoms with Gasteiger partial charge in [-0.2, -0.15) is 5.10 Å². The zero-order chi connectivity index (χ0) is 14.2. The summed E-state index contributed by atoms with van der Waals surface area (Å²) in [5.41, 5.74) is -0.874. The van der Waals surface area contributed by atoms with Crippen molar-refractivity contribution < 1.29 is 9.59 Å². The Bertz CT molecular complexity index is 508. The van der Waals surface area contributed by atoms with Crippen molar-refractivity contribution in [3.8, 4) is 0 Å². The van der Waals surface area contributed by atoms with Gasteiger partial charge in [-0.3, -0.25) is 9.59 Å².